The Balaban J connectivity index is 1.87. The number of carbonyl (C=O) groups is 2. The molecule has 2 heterocycles. The Morgan fingerprint density at radius 1 is 1.36 bits per heavy atom. The van der Waals surface area contributed by atoms with Gasteiger partial charge in [0.2, 0.25) is 5.91 Å². The molecule has 2 amide bonds. The summed E-state index contributed by atoms with van der Waals surface area (Å²) >= 11 is 5.75. The molecule has 8 nitrogen and oxygen atoms in total. The zero-order chi connectivity index (χ0) is 15.9. The summed E-state index contributed by atoms with van der Waals surface area (Å²) in [6, 6.07) is 5.28. The maximum atomic E-state index is 12.3. The van der Waals surface area contributed by atoms with E-state index in [9.17, 15) is 18.0 Å². The maximum absolute atomic E-state index is 12.3. The van der Waals surface area contributed by atoms with E-state index >= 15 is 0 Å². The van der Waals surface area contributed by atoms with Crippen molar-refractivity contribution in [3.63, 3.8) is 0 Å². The zero-order valence-corrected chi connectivity index (χ0v) is 12.4. The average molecular weight is 342 g/mol. The van der Waals surface area contributed by atoms with Crippen LogP contribution in [0.5, 0.6) is 0 Å². The summed E-state index contributed by atoms with van der Waals surface area (Å²) in [5, 5.41) is 5.96. The van der Waals surface area contributed by atoms with Crippen LogP contribution in [0.4, 0.5) is 5.82 Å². The van der Waals surface area contributed by atoms with Crippen molar-refractivity contribution in [1.29, 1.82) is 0 Å². The highest BCUT2D eigenvalue weighted by molar-refractivity contribution is 7.90. The van der Waals surface area contributed by atoms with Crippen LogP contribution in [0, 0.1) is 0 Å². The van der Waals surface area contributed by atoms with Gasteiger partial charge in [-0.05, 0) is 18.2 Å². The number of hydrogen-bond donors (Lipinski definition) is 1. The standard InChI is InChI=1S/C12H8ClN3O5S/c13-7-1-2-8-9(5-7)22(19,20)16(12(8)18)6-11(17)14-10-3-4-21-15-10/h1-5H,6H2,(H,14,15,17). The van der Waals surface area contributed by atoms with E-state index in [2.05, 4.69) is 15.0 Å². The molecule has 0 unspecified atom stereocenters. The largest absolute Gasteiger partial charge is 0.363 e. The van der Waals surface area contributed by atoms with E-state index in [-0.39, 0.29) is 21.3 Å². The van der Waals surface area contributed by atoms with Crippen LogP contribution in [-0.2, 0) is 14.8 Å². The first-order valence-electron chi connectivity index (χ1n) is 5.96. The maximum Gasteiger partial charge on any atom is 0.269 e. The molecule has 0 bridgehead atoms. The fraction of sp³-hybridized carbons (Fsp3) is 0.0833. The summed E-state index contributed by atoms with van der Waals surface area (Å²) in [6.45, 7) is -0.666. The fourth-order valence-electron chi connectivity index (χ4n) is 2.00. The van der Waals surface area contributed by atoms with E-state index < -0.39 is 28.4 Å². The van der Waals surface area contributed by atoms with Gasteiger partial charge in [-0.2, -0.15) is 0 Å². The minimum atomic E-state index is -4.10. The van der Waals surface area contributed by atoms with E-state index in [1.54, 1.807) is 0 Å². The highest BCUT2D eigenvalue weighted by atomic mass is 35.5. The van der Waals surface area contributed by atoms with Crippen LogP contribution in [0.2, 0.25) is 5.02 Å². The monoisotopic (exact) mass is 341 g/mol. The summed E-state index contributed by atoms with van der Waals surface area (Å²) in [7, 11) is -4.10. The Morgan fingerprint density at radius 3 is 2.82 bits per heavy atom. The first-order chi connectivity index (χ1) is 10.4. The number of rotatable bonds is 3. The molecule has 22 heavy (non-hydrogen) atoms. The molecule has 1 aromatic heterocycles. The average Bonchev–Trinajstić information content (AvgIpc) is 3.01. The van der Waals surface area contributed by atoms with Gasteiger partial charge >= 0.3 is 0 Å². The summed E-state index contributed by atoms with van der Waals surface area (Å²) in [6.07, 6.45) is 1.24. The van der Waals surface area contributed by atoms with E-state index in [0.29, 0.717) is 4.31 Å². The summed E-state index contributed by atoms with van der Waals surface area (Å²) in [5.74, 6) is -1.37. The Kier molecular flexibility index (Phi) is 3.38. The van der Waals surface area contributed by atoms with E-state index in [0.717, 1.165) is 0 Å². The smallest absolute Gasteiger partial charge is 0.269 e. The van der Waals surface area contributed by atoms with Crippen molar-refractivity contribution in [1.82, 2.24) is 9.46 Å². The minimum absolute atomic E-state index is 0.0152. The van der Waals surface area contributed by atoms with Gasteiger partial charge in [0.15, 0.2) is 5.82 Å². The molecule has 10 heteroatoms. The molecular formula is C12H8ClN3O5S. The normalized spacial score (nSPS) is 15.7. The Bertz CT molecular complexity index is 863. The van der Waals surface area contributed by atoms with Crippen LogP contribution in [0.25, 0.3) is 0 Å². The second-order valence-electron chi connectivity index (χ2n) is 4.39. The lowest BCUT2D eigenvalue weighted by molar-refractivity contribution is -0.116. The first-order valence-corrected chi connectivity index (χ1v) is 7.78. The third-order valence-electron chi connectivity index (χ3n) is 2.96. The minimum Gasteiger partial charge on any atom is -0.363 e. The second kappa shape index (κ2) is 5.11. The summed E-state index contributed by atoms with van der Waals surface area (Å²) in [4.78, 5) is 23.8. The molecule has 114 valence electrons. The lowest BCUT2D eigenvalue weighted by Gasteiger charge is -2.13. The number of hydrogen-bond acceptors (Lipinski definition) is 6. The molecular weight excluding hydrogens is 334 g/mol. The number of amides is 2. The molecule has 1 N–H and O–H groups in total. The number of carbonyl (C=O) groups excluding carboxylic acids is 2. The molecule has 0 saturated heterocycles. The Morgan fingerprint density at radius 2 is 2.14 bits per heavy atom. The Labute approximate surface area is 129 Å². The first kappa shape index (κ1) is 14.5. The van der Waals surface area contributed by atoms with Gasteiger partial charge in [-0.15, -0.1) is 0 Å². The topological polar surface area (TPSA) is 110 Å². The van der Waals surface area contributed by atoms with E-state index in [1.165, 1.54) is 30.5 Å². The number of sulfonamides is 1. The summed E-state index contributed by atoms with van der Waals surface area (Å²) < 4.78 is 29.7. The van der Waals surface area contributed by atoms with Gasteiger partial charge in [-0.1, -0.05) is 16.8 Å². The van der Waals surface area contributed by atoms with Crippen molar-refractivity contribution < 1.29 is 22.5 Å². The highest BCUT2D eigenvalue weighted by Gasteiger charge is 2.42. The van der Waals surface area contributed by atoms with Crippen LogP contribution in [0.3, 0.4) is 0 Å². The van der Waals surface area contributed by atoms with E-state index in [4.69, 9.17) is 11.6 Å². The van der Waals surface area contributed by atoms with Gasteiger partial charge in [0.05, 0.1) is 5.56 Å². The van der Waals surface area contributed by atoms with Crippen molar-refractivity contribution in [2.75, 3.05) is 11.9 Å². The Hall–Kier alpha value is -2.39. The van der Waals surface area contributed by atoms with Crippen LogP contribution >= 0.6 is 11.6 Å². The molecule has 0 saturated carbocycles. The molecule has 0 atom stereocenters. The fourth-order valence-corrected chi connectivity index (χ4v) is 3.78. The van der Waals surface area contributed by atoms with Crippen molar-refractivity contribution in [2.45, 2.75) is 4.90 Å². The van der Waals surface area contributed by atoms with Gasteiger partial charge < -0.3 is 9.84 Å². The van der Waals surface area contributed by atoms with Gasteiger partial charge in [-0.25, -0.2) is 12.7 Å². The predicted octanol–water partition coefficient (Wildman–Crippen LogP) is 1.11. The van der Waals surface area contributed by atoms with Crippen LogP contribution in [-0.4, -0.2) is 36.2 Å². The SMILES string of the molecule is O=C(CN1C(=O)c2ccc(Cl)cc2S1(=O)=O)Nc1ccon1. The summed E-state index contributed by atoms with van der Waals surface area (Å²) in [5.41, 5.74) is -0.0152. The van der Waals surface area contributed by atoms with E-state index in [1.807, 2.05) is 0 Å². The molecule has 1 aliphatic rings. The predicted molar refractivity (Wildman–Crippen MR) is 74.8 cm³/mol. The number of benzene rings is 1. The highest BCUT2D eigenvalue weighted by Crippen LogP contribution is 2.32. The lowest BCUT2D eigenvalue weighted by atomic mass is 10.2. The number of nitrogens with one attached hydrogen (secondary N) is 1. The number of halogens is 1. The number of anilines is 1. The van der Waals surface area contributed by atoms with Crippen molar-refractivity contribution in [3.05, 3.63) is 41.1 Å². The second-order valence-corrected chi connectivity index (χ2v) is 6.66. The number of nitrogens with zero attached hydrogens (tertiary/aromatic N) is 2. The number of aromatic nitrogens is 1. The molecule has 2 aromatic rings. The van der Waals surface area contributed by atoms with Crippen molar-refractivity contribution >= 4 is 39.3 Å². The molecule has 0 spiro atoms. The van der Waals surface area contributed by atoms with Crippen LogP contribution in [0.15, 0.2) is 39.9 Å². The van der Waals surface area contributed by atoms with Crippen LogP contribution < -0.4 is 5.32 Å². The van der Waals surface area contributed by atoms with Crippen LogP contribution in [0.1, 0.15) is 10.4 Å². The molecule has 3 rings (SSSR count). The lowest BCUT2D eigenvalue weighted by Crippen LogP contribution is -2.37. The van der Waals surface area contributed by atoms with Gasteiger partial charge in [0.25, 0.3) is 15.9 Å². The zero-order valence-electron chi connectivity index (χ0n) is 10.8. The molecule has 0 radical (unpaired) electrons. The third-order valence-corrected chi connectivity index (χ3v) is 4.97. The van der Waals surface area contributed by atoms with Gasteiger partial charge in [0, 0.05) is 11.1 Å². The quantitative estimate of drug-likeness (QED) is 0.895. The van der Waals surface area contributed by atoms with Gasteiger partial charge in [0.1, 0.15) is 17.7 Å². The molecule has 1 aromatic carbocycles. The van der Waals surface area contributed by atoms with Crippen molar-refractivity contribution in [3.8, 4) is 0 Å². The third kappa shape index (κ3) is 2.34. The molecule has 0 aliphatic carbocycles. The van der Waals surface area contributed by atoms with Crippen molar-refractivity contribution in [2.24, 2.45) is 0 Å². The number of fused-ring (bicyclic) bond motifs is 1. The molecule has 0 fully saturated rings. The van der Waals surface area contributed by atoms with Gasteiger partial charge in [-0.3, -0.25) is 9.59 Å². The molecule has 1 aliphatic heterocycles.